The number of carboxylic acids is 5. The van der Waals surface area contributed by atoms with E-state index in [1.165, 1.54) is 0 Å². The van der Waals surface area contributed by atoms with Crippen LogP contribution in [0.2, 0.25) is 0 Å². The van der Waals surface area contributed by atoms with Crippen molar-refractivity contribution in [2.24, 2.45) is 0 Å². The summed E-state index contributed by atoms with van der Waals surface area (Å²) in [5.74, 6) is -3.84. The molecule has 250 valence electrons. The summed E-state index contributed by atoms with van der Waals surface area (Å²) in [7, 11) is 0. The van der Waals surface area contributed by atoms with Gasteiger partial charge in [0.1, 0.15) is 0 Å². The average Bonchev–Trinajstić information content (AvgIpc) is 3.46. The number of hydrogen-bond donors (Lipinski definition) is 7. The van der Waals surface area contributed by atoms with E-state index in [9.17, 15) is 28.8 Å². The zero-order chi connectivity index (χ0) is 32.6. The molecule has 3 rings (SSSR count). The van der Waals surface area contributed by atoms with Crippen molar-refractivity contribution >= 4 is 47.6 Å². The molecule has 0 aliphatic carbocycles. The van der Waals surface area contributed by atoms with Crippen molar-refractivity contribution in [2.45, 2.75) is 43.0 Å². The summed E-state index contributed by atoms with van der Waals surface area (Å²) in [4.78, 5) is 72.4. The van der Waals surface area contributed by atoms with E-state index >= 15 is 0 Å². The predicted molar refractivity (Wildman–Crippen MR) is 158 cm³/mol. The highest BCUT2D eigenvalue weighted by atomic mass is 32.2. The van der Waals surface area contributed by atoms with Gasteiger partial charge in [0.05, 0.1) is 38.3 Å². The van der Waals surface area contributed by atoms with E-state index in [1.807, 2.05) is 11.8 Å². The summed E-state index contributed by atoms with van der Waals surface area (Å²) in [5.41, 5.74) is 0. The number of thioether (sulfide) groups is 1. The summed E-state index contributed by atoms with van der Waals surface area (Å²) in [6.45, 7) is 1.52. The minimum atomic E-state index is -1.02. The van der Waals surface area contributed by atoms with E-state index in [2.05, 4.69) is 10.6 Å². The lowest BCUT2D eigenvalue weighted by atomic mass is 10.0. The van der Waals surface area contributed by atoms with Crippen molar-refractivity contribution in [3.05, 3.63) is 0 Å². The number of unbranched alkanes of at least 4 members (excludes halogenated alkanes) is 1. The maximum absolute atomic E-state index is 11.1. The molecule has 3 saturated heterocycles. The normalized spacial score (nSPS) is 24.0. The van der Waals surface area contributed by atoms with Gasteiger partial charge in [0.15, 0.2) is 0 Å². The van der Waals surface area contributed by atoms with E-state index in [-0.39, 0.29) is 50.7 Å². The summed E-state index contributed by atoms with van der Waals surface area (Å²) < 4.78 is 0. The van der Waals surface area contributed by atoms with Crippen LogP contribution in [0.5, 0.6) is 0 Å². The number of carboxylic acid groups (broad SMARTS) is 5. The molecule has 2 amide bonds. The van der Waals surface area contributed by atoms with E-state index in [4.69, 9.17) is 25.5 Å². The highest BCUT2D eigenvalue weighted by molar-refractivity contribution is 8.00. The zero-order valence-electron chi connectivity index (χ0n) is 24.6. The molecule has 3 atom stereocenters. The van der Waals surface area contributed by atoms with Crippen LogP contribution in [0.1, 0.15) is 25.7 Å². The number of nitrogens with zero attached hydrogens (tertiary/aromatic N) is 4. The van der Waals surface area contributed by atoms with Crippen LogP contribution in [-0.2, 0) is 24.0 Å². The summed E-state index contributed by atoms with van der Waals surface area (Å²) >= 11 is 1.87. The maximum Gasteiger partial charge on any atom is 0.317 e. The van der Waals surface area contributed by atoms with Gasteiger partial charge >= 0.3 is 35.9 Å². The van der Waals surface area contributed by atoms with Crippen LogP contribution in [0.3, 0.4) is 0 Å². The van der Waals surface area contributed by atoms with Gasteiger partial charge in [0.25, 0.3) is 0 Å². The van der Waals surface area contributed by atoms with Gasteiger partial charge in [-0.25, -0.2) is 4.79 Å². The molecule has 0 aromatic carbocycles. The first kappa shape index (κ1) is 37.0. The second-order valence-electron chi connectivity index (χ2n) is 10.9. The van der Waals surface area contributed by atoms with Gasteiger partial charge in [-0.3, -0.25) is 43.6 Å². The highest BCUT2D eigenvalue weighted by Gasteiger charge is 2.42. The lowest BCUT2D eigenvalue weighted by Gasteiger charge is -2.32. The number of carbonyl (C=O) groups is 6. The Morgan fingerprint density at radius 1 is 0.614 bits per heavy atom. The Bertz CT molecular complexity index is 894. The van der Waals surface area contributed by atoms with E-state index < -0.39 is 29.8 Å². The summed E-state index contributed by atoms with van der Waals surface area (Å²) in [6, 6.07) is 0.440. The first-order valence-corrected chi connectivity index (χ1v) is 15.5. The molecule has 0 aromatic heterocycles. The number of amides is 2. The van der Waals surface area contributed by atoms with Crippen molar-refractivity contribution in [1.29, 1.82) is 0 Å². The molecule has 7 N–H and O–H groups in total. The van der Waals surface area contributed by atoms with Crippen molar-refractivity contribution in [2.75, 3.05) is 84.3 Å². The third-order valence-corrected chi connectivity index (χ3v) is 8.94. The fraction of sp³-hybridized carbons (Fsp3) is 0.769. The first-order valence-electron chi connectivity index (χ1n) is 14.5. The van der Waals surface area contributed by atoms with Crippen molar-refractivity contribution < 1.29 is 54.3 Å². The lowest BCUT2D eigenvalue weighted by molar-refractivity contribution is -0.141. The highest BCUT2D eigenvalue weighted by Crippen LogP contribution is 2.33. The van der Waals surface area contributed by atoms with Crippen LogP contribution in [0.4, 0.5) is 4.79 Å². The average molecular weight is 649 g/mol. The van der Waals surface area contributed by atoms with Crippen LogP contribution < -0.4 is 10.6 Å². The SMILES string of the molecule is O=C(O)CCCC[C@@H]1SC[C@@H]2NC(=O)N[C@@H]21.O=C(O)CN1CCN(CC(=O)O)CCN(CC(=O)O)CCN(CC(=O)O)CC1. The van der Waals surface area contributed by atoms with Gasteiger partial charge in [-0.15, -0.1) is 0 Å². The summed E-state index contributed by atoms with van der Waals surface area (Å²) in [6.07, 6.45) is 2.88. The molecule has 18 heteroatoms. The van der Waals surface area contributed by atoms with Crippen LogP contribution in [-0.4, -0.2) is 183 Å². The van der Waals surface area contributed by atoms with Gasteiger partial charge in [0, 0.05) is 69.8 Å². The van der Waals surface area contributed by atoms with Crippen LogP contribution in [0.25, 0.3) is 0 Å². The molecule has 3 aliphatic rings. The van der Waals surface area contributed by atoms with Gasteiger partial charge in [0.2, 0.25) is 0 Å². The van der Waals surface area contributed by atoms with E-state index in [0.717, 1.165) is 25.0 Å². The molecular weight excluding hydrogens is 604 g/mol. The zero-order valence-corrected chi connectivity index (χ0v) is 25.5. The number of hydrogen-bond acceptors (Lipinski definition) is 11. The van der Waals surface area contributed by atoms with Gasteiger partial charge in [-0.1, -0.05) is 6.42 Å². The van der Waals surface area contributed by atoms with E-state index in [0.29, 0.717) is 57.6 Å². The number of rotatable bonds is 13. The van der Waals surface area contributed by atoms with Crippen LogP contribution in [0.15, 0.2) is 0 Å². The Balaban J connectivity index is 0.000000354. The number of fused-ring (bicyclic) bond motifs is 1. The van der Waals surface area contributed by atoms with Gasteiger partial charge < -0.3 is 36.2 Å². The second kappa shape index (κ2) is 19.3. The molecule has 0 bridgehead atoms. The third-order valence-electron chi connectivity index (χ3n) is 7.43. The maximum atomic E-state index is 11.1. The van der Waals surface area contributed by atoms with Crippen molar-refractivity contribution in [3.8, 4) is 0 Å². The molecule has 3 aliphatic heterocycles. The molecule has 0 radical (unpaired) electrons. The predicted octanol–water partition coefficient (Wildman–Crippen LogP) is -1.66. The van der Waals surface area contributed by atoms with Crippen LogP contribution in [0, 0.1) is 0 Å². The number of nitrogens with one attached hydrogen (secondary N) is 2. The van der Waals surface area contributed by atoms with Crippen LogP contribution >= 0.6 is 11.8 Å². The summed E-state index contributed by atoms with van der Waals surface area (Å²) in [5, 5.41) is 51.1. The number of carbonyl (C=O) groups excluding carboxylic acids is 1. The van der Waals surface area contributed by atoms with Crippen molar-refractivity contribution in [3.63, 3.8) is 0 Å². The minimum absolute atomic E-state index is 0.0640. The van der Waals surface area contributed by atoms with Gasteiger partial charge in [-0.05, 0) is 12.8 Å². The molecule has 0 spiro atoms. The Morgan fingerprint density at radius 3 is 1.34 bits per heavy atom. The molecule has 3 heterocycles. The minimum Gasteiger partial charge on any atom is -0.481 e. The van der Waals surface area contributed by atoms with Crippen molar-refractivity contribution in [1.82, 2.24) is 30.2 Å². The largest absolute Gasteiger partial charge is 0.481 e. The Labute approximate surface area is 259 Å². The number of urea groups is 1. The molecule has 0 unspecified atom stereocenters. The fourth-order valence-electron chi connectivity index (χ4n) is 5.24. The fourth-order valence-corrected chi connectivity index (χ4v) is 6.78. The number of aliphatic carboxylic acids is 5. The topological polar surface area (TPSA) is 241 Å². The molecule has 0 aromatic rings. The molecule has 17 nitrogen and oxygen atoms in total. The van der Waals surface area contributed by atoms with Gasteiger partial charge in [-0.2, -0.15) is 11.8 Å². The molecule has 44 heavy (non-hydrogen) atoms. The smallest absolute Gasteiger partial charge is 0.317 e. The first-order chi connectivity index (χ1) is 20.8. The molecule has 3 fully saturated rings. The Hall–Kier alpha value is -3.19. The standard InChI is InChI=1S/C16H28N4O8.C10H16N2O3S/c21-13(22)9-17-1-2-18(10-14(23)24)5-6-20(12-16(27)28)8-7-19(4-3-17)11-15(25)26;13-8(14)4-2-1-3-7-9-6(5-16-7)11-10(15)12-9/h1-12H2,(H,21,22)(H,23,24)(H,25,26)(H,27,28);6-7,9H,1-5H2,(H,13,14)(H2,11,12,15)/t;6-,7-,9-/m.0/s1. The monoisotopic (exact) mass is 648 g/mol. The molecule has 0 saturated carbocycles. The Kier molecular flexibility index (Phi) is 16.2. The molecular formula is C26H44N6O11S. The Morgan fingerprint density at radius 2 is 1.00 bits per heavy atom. The third kappa shape index (κ3) is 15.0. The lowest BCUT2D eigenvalue weighted by Crippen LogP contribution is -2.49. The second-order valence-corrected chi connectivity index (χ2v) is 12.2. The quantitative estimate of drug-likeness (QED) is 0.0873. The van der Waals surface area contributed by atoms with E-state index in [1.54, 1.807) is 19.6 Å².